The normalized spacial score (nSPS) is 12.6. The molecule has 0 N–H and O–H groups in total. The van der Waals surface area contributed by atoms with Gasteiger partial charge in [-0.05, 0) is 89.9 Å². The van der Waals surface area contributed by atoms with E-state index >= 15 is 0 Å². The maximum absolute atomic E-state index is 12.9. The SMILES string of the molecule is CC/C=C\C/C=C\C/C=C\C/C=C\C/C=C\CCCCCCCCCCCCCCCCCC(=O)OCC(COC(=O)CCCCCCC/C=C\C/C=C\CCCC)OC(=O)CCCCCCCCCCCCCCCCCCC. The Balaban J connectivity index is 4.21. The van der Waals surface area contributed by atoms with E-state index in [1.807, 2.05) is 0 Å². The first-order chi connectivity index (χ1) is 39.5. The van der Waals surface area contributed by atoms with Crippen LogP contribution in [0.1, 0.15) is 348 Å². The Morgan fingerprint density at radius 2 is 0.500 bits per heavy atom. The summed E-state index contributed by atoms with van der Waals surface area (Å²) in [5.74, 6) is -0.871. The van der Waals surface area contributed by atoms with Gasteiger partial charge in [0, 0.05) is 19.3 Å². The van der Waals surface area contributed by atoms with Gasteiger partial charge in [0.15, 0.2) is 6.10 Å². The summed E-state index contributed by atoms with van der Waals surface area (Å²) in [6.07, 6.45) is 90.3. The Labute approximate surface area is 496 Å². The molecule has 0 bridgehead atoms. The number of hydrogen-bond donors (Lipinski definition) is 0. The smallest absolute Gasteiger partial charge is 0.306 e. The summed E-state index contributed by atoms with van der Waals surface area (Å²) in [5, 5.41) is 0. The minimum atomic E-state index is -0.780. The van der Waals surface area contributed by atoms with Gasteiger partial charge in [0.25, 0.3) is 0 Å². The fraction of sp³-hybridized carbons (Fsp3) is 0.770. The summed E-state index contributed by atoms with van der Waals surface area (Å²) < 4.78 is 17.0. The predicted octanol–water partition coefficient (Wildman–Crippen LogP) is 23.8. The lowest BCUT2D eigenvalue weighted by Gasteiger charge is -2.18. The Kier molecular flexibility index (Phi) is 65.2. The summed E-state index contributed by atoms with van der Waals surface area (Å²) in [5.41, 5.74) is 0. The van der Waals surface area contributed by atoms with E-state index in [2.05, 4.69) is 106 Å². The predicted molar refractivity (Wildman–Crippen MR) is 348 cm³/mol. The number of hydrogen-bond acceptors (Lipinski definition) is 6. The van der Waals surface area contributed by atoms with E-state index in [0.717, 1.165) is 109 Å². The molecule has 0 amide bonds. The van der Waals surface area contributed by atoms with Crippen LogP contribution in [-0.4, -0.2) is 37.2 Å². The highest BCUT2D eigenvalue weighted by Crippen LogP contribution is 2.18. The van der Waals surface area contributed by atoms with Crippen LogP contribution >= 0.6 is 0 Å². The van der Waals surface area contributed by atoms with Gasteiger partial charge in [-0.2, -0.15) is 0 Å². The number of rotatable bonds is 63. The third kappa shape index (κ3) is 65.4. The molecule has 462 valence electrons. The highest BCUT2D eigenvalue weighted by Gasteiger charge is 2.19. The second kappa shape index (κ2) is 68.1. The standard InChI is InChI=1S/C74H130O6/c1-4-7-10-13-16-19-22-25-28-30-31-32-33-34-35-36-37-38-39-40-41-42-43-45-46-49-52-55-58-61-64-67-73(76)79-70-71(69-78-72(75)66-63-60-57-54-51-48-27-24-21-18-15-12-9-6-3)80-74(77)68-65-62-59-56-53-50-47-44-29-26-23-20-17-14-11-8-5-2/h7,10,15-16,18-19,24-25,27-28,31-32,34-35,71H,4-6,8-9,11-14,17,20-23,26,29-30,33,36-70H2,1-3H3/b10-7-,18-15-,19-16-,27-24-,28-25-,32-31-,35-34-. The summed E-state index contributed by atoms with van der Waals surface area (Å²) in [7, 11) is 0. The Morgan fingerprint density at radius 3 is 0.800 bits per heavy atom. The number of esters is 3. The molecule has 1 atom stereocenters. The second-order valence-corrected chi connectivity index (χ2v) is 23.1. The van der Waals surface area contributed by atoms with Crippen LogP contribution in [0.3, 0.4) is 0 Å². The maximum atomic E-state index is 12.9. The molecule has 1 unspecified atom stereocenters. The molecule has 0 fully saturated rings. The first-order valence-electron chi connectivity index (χ1n) is 34.6. The molecule has 0 radical (unpaired) electrons. The summed E-state index contributed by atoms with van der Waals surface area (Å²) >= 11 is 0. The second-order valence-electron chi connectivity index (χ2n) is 23.1. The molecule has 0 aliphatic carbocycles. The van der Waals surface area contributed by atoms with E-state index in [1.54, 1.807) is 0 Å². The minimum Gasteiger partial charge on any atom is -0.462 e. The molecule has 0 aromatic carbocycles. The lowest BCUT2D eigenvalue weighted by Crippen LogP contribution is -2.30. The van der Waals surface area contributed by atoms with Crippen LogP contribution in [0.15, 0.2) is 85.1 Å². The van der Waals surface area contributed by atoms with Gasteiger partial charge in [0.1, 0.15) is 13.2 Å². The van der Waals surface area contributed by atoms with Crippen molar-refractivity contribution in [3.8, 4) is 0 Å². The molecule has 6 heteroatoms. The molecule has 0 saturated heterocycles. The van der Waals surface area contributed by atoms with Gasteiger partial charge >= 0.3 is 17.9 Å². The van der Waals surface area contributed by atoms with Gasteiger partial charge in [0.05, 0.1) is 0 Å². The monoisotopic (exact) mass is 1110 g/mol. The molecule has 0 aliphatic heterocycles. The van der Waals surface area contributed by atoms with Crippen molar-refractivity contribution in [2.24, 2.45) is 0 Å². The van der Waals surface area contributed by atoms with Gasteiger partial charge in [-0.1, -0.05) is 324 Å². The first-order valence-corrected chi connectivity index (χ1v) is 34.6. The lowest BCUT2D eigenvalue weighted by molar-refractivity contribution is -0.167. The zero-order valence-electron chi connectivity index (χ0n) is 53.1. The Morgan fingerprint density at radius 1 is 0.263 bits per heavy atom. The molecule has 0 heterocycles. The highest BCUT2D eigenvalue weighted by molar-refractivity contribution is 5.71. The van der Waals surface area contributed by atoms with Crippen molar-refractivity contribution in [3.63, 3.8) is 0 Å². The van der Waals surface area contributed by atoms with Crippen LogP contribution in [0.2, 0.25) is 0 Å². The van der Waals surface area contributed by atoms with Crippen LogP contribution in [0.25, 0.3) is 0 Å². The molecular formula is C74H130O6. The molecule has 0 saturated carbocycles. The van der Waals surface area contributed by atoms with E-state index in [1.165, 1.54) is 199 Å². The fourth-order valence-corrected chi connectivity index (χ4v) is 9.96. The molecule has 6 nitrogen and oxygen atoms in total. The average Bonchev–Trinajstić information content (AvgIpc) is 3.46. The number of unbranched alkanes of at least 4 members (excludes halogenated alkanes) is 38. The molecular weight excluding hydrogens is 985 g/mol. The van der Waals surface area contributed by atoms with Crippen molar-refractivity contribution in [2.75, 3.05) is 13.2 Å². The lowest BCUT2D eigenvalue weighted by atomic mass is 10.0. The number of allylic oxidation sites excluding steroid dienone is 14. The minimum absolute atomic E-state index is 0.0765. The van der Waals surface area contributed by atoms with Crippen LogP contribution in [0.5, 0.6) is 0 Å². The topological polar surface area (TPSA) is 78.9 Å². The van der Waals surface area contributed by atoms with Crippen molar-refractivity contribution in [1.82, 2.24) is 0 Å². The van der Waals surface area contributed by atoms with Crippen molar-refractivity contribution < 1.29 is 28.6 Å². The first kappa shape index (κ1) is 76.6. The summed E-state index contributed by atoms with van der Waals surface area (Å²) in [6.45, 7) is 6.52. The van der Waals surface area contributed by atoms with Gasteiger partial charge in [0.2, 0.25) is 0 Å². The molecule has 0 spiro atoms. The van der Waals surface area contributed by atoms with E-state index in [9.17, 15) is 14.4 Å². The largest absolute Gasteiger partial charge is 0.462 e. The fourth-order valence-electron chi connectivity index (χ4n) is 9.96. The molecule has 0 aromatic heterocycles. The van der Waals surface area contributed by atoms with Crippen LogP contribution in [0, 0.1) is 0 Å². The Bertz CT molecular complexity index is 1520. The maximum Gasteiger partial charge on any atom is 0.306 e. The van der Waals surface area contributed by atoms with Gasteiger partial charge in [-0.15, -0.1) is 0 Å². The van der Waals surface area contributed by atoms with E-state index in [0.29, 0.717) is 19.3 Å². The molecule has 0 rings (SSSR count). The van der Waals surface area contributed by atoms with E-state index in [4.69, 9.17) is 14.2 Å². The molecule has 0 aromatic rings. The quantitative estimate of drug-likeness (QED) is 0.0261. The highest BCUT2D eigenvalue weighted by atomic mass is 16.6. The number of carbonyl (C=O) groups is 3. The zero-order valence-corrected chi connectivity index (χ0v) is 53.1. The van der Waals surface area contributed by atoms with Crippen LogP contribution in [-0.2, 0) is 28.6 Å². The van der Waals surface area contributed by atoms with Crippen molar-refractivity contribution in [1.29, 1.82) is 0 Å². The summed E-state index contributed by atoms with van der Waals surface area (Å²) in [6, 6.07) is 0. The number of carbonyl (C=O) groups excluding carboxylic acids is 3. The average molecular weight is 1120 g/mol. The van der Waals surface area contributed by atoms with Crippen LogP contribution in [0.4, 0.5) is 0 Å². The third-order valence-corrected chi connectivity index (χ3v) is 15.1. The van der Waals surface area contributed by atoms with Gasteiger partial charge < -0.3 is 14.2 Å². The molecule has 0 aliphatic rings. The third-order valence-electron chi connectivity index (χ3n) is 15.1. The van der Waals surface area contributed by atoms with Crippen LogP contribution < -0.4 is 0 Å². The van der Waals surface area contributed by atoms with Gasteiger partial charge in [-0.3, -0.25) is 14.4 Å². The van der Waals surface area contributed by atoms with E-state index < -0.39 is 6.10 Å². The number of ether oxygens (including phenoxy) is 3. The van der Waals surface area contributed by atoms with Crippen molar-refractivity contribution in [2.45, 2.75) is 354 Å². The van der Waals surface area contributed by atoms with Crippen molar-refractivity contribution in [3.05, 3.63) is 85.1 Å². The molecule has 80 heavy (non-hydrogen) atoms. The Hall–Kier alpha value is -3.41. The van der Waals surface area contributed by atoms with Gasteiger partial charge in [-0.25, -0.2) is 0 Å². The van der Waals surface area contributed by atoms with Crippen molar-refractivity contribution >= 4 is 17.9 Å². The zero-order chi connectivity index (χ0) is 57.8. The van der Waals surface area contributed by atoms with E-state index in [-0.39, 0.29) is 31.1 Å². The summed E-state index contributed by atoms with van der Waals surface area (Å²) in [4.78, 5) is 38.4.